The summed E-state index contributed by atoms with van der Waals surface area (Å²) in [4.78, 5) is 17.0. The van der Waals surface area contributed by atoms with E-state index in [1.54, 1.807) is 17.1 Å². The topological polar surface area (TPSA) is 64.7 Å². The van der Waals surface area contributed by atoms with Gasteiger partial charge < -0.3 is 5.32 Å². The van der Waals surface area contributed by atoms with Gasteiger partial charge in [-0.25, -0.2) is 9.67 Å². The molecule has 0 radical (unpaired) electrons. The van der Waals surface area contributed by atoms with Crippen LogP contribution in [0.1, 0.15) is 32.4 Å². The van der Waals surface area contributed by atoms with Gasteiger partial charge in [-0.1, -0.05) is 30.0 Å². The van der Waals surface area contributed by atoms with Gasteiger partial charge in [0.15, 0.2) is 5.16 Å². The van der Waals surface area contributed by atoms with Crippen molar-refractivity contribution in [3.63, 3.8) is 0 Å². The Balaban J connectivity index is 1.74. The van der Waals surface area contributed by atoms with Gasteiger partial charge in [0.2, 0.25) is 5.91 Å². The summed E-state index contributed by atoms with van der Waals surface area (Å²) in [5.74, 6) is 0.636. The number of aromatic nitrogens is 4. The number of aryl methyl sites for hydroxylation is 1. The van der Waals surface area contributed by atoms with Gasteiger partial charge >= 0.3 is 0 Å². The average Bonchev–Trinajstić information content (AvgIpc) is 3.24. The Bertz CT molecular complexity index is 899. The predicted octanol–water partition coefficient (Wildman–Crippen LogP) is 4.08. The van der Waals surface area contributed by atoms with Crippen LogP contribution in [0.3, 0.4) is 0 Å². The number of hydrogen-bond donors (Lipinski definition) is 1. The molecule has 3 aromatic rings. The van der Waals surface area contributed by atoms with Crippen LogP contribution in [-0.2, 0) is 4.79 Å². The van der Waals surface area contributed by atoms with Crippen LogP contribution in [0.25, 0.3) is 5.69 Å². The SMILES string of the molecule is Cc1ccccc1-n1ccnc1SC(C)C(=O)Nc1ccnn1C(C)C. The van der Waals surface area contributed by atoms with Crippen LogP contribution in [-0.4, -0.2) is 30.5 Å². The predicted molar refractivity (Wildman–Crippen MR) is 105 cm³/mol. The van der Waals surface area contributed by atoms with Crippen molar-refractivity contribution in [3.05, 3.63) is 54.5 Å². The standard InChI is InChI=1S/C19H23N5OS/c1-13(2)24-17(9-10-21-24)22-18(25)15(4)26-19-20-11-12-23(19)16-8-6-5-7-14(16)3/h5-13,15H,1-4H3,(H,22,25). The fourth-order valence-corrected chi connectivity index (χ4v) is 3.53. The maximum atomic E-state index is 12.6. The first-order valence-electron chi connectivity index (χ1n) is 8.57. The number of imidazole rings is 1. The smallest absolute Gasteiger partial charge is 0.238 e. The molecule has 0 spiro atoms. The number of hydrogen-bond acceptors (Lipinski definition) is 4. The average molecular weight is 369 g/mol. The van der Waals surface area contributed by atoms with Crippen molar-refractivity contribution < 1.29 is 4.79 Å². The number of rotatable bonds is 6. The summed E-state index contributed by atoms with van der Waals surface area (Å²) in [6.07, 6.45) is 5.37. The Morgan fingerprint density at radius 3 is 2.65 bits per heavy atom. The van der Waals surface area contributed by atoms with Crippen LogP contribution in [0.2, 0.25) is 0 Å². The molecule has 1 N–H and O–H groups in total. The highest BCUT2D eigenvalue weighted by Crippen LogP contribution is 2.26. The number of amides is 1. The zero-order valence-electron chi connectivity index (χ0n) is 15.4. The van der Waals surface area contributed by atoms with Gasteiger partial charge in [0.1, 0.15) is 5.82 Å². The van der Waals surface area contributed by atoms with Crippen molar-refractivity contribution in [2.45, 2.75) is 44.1 Å². The van der Waals surface area contributed by atoms with Gasteiger partial charge in [0.05, 0.1) is 17.1 Å². The summed E-state index contributed by atoms with van der Waals surface area (Å²) >= 11 is 1.43. The van der Waals surface area contributed by atoms with Gasteiger partial charge in [-0.3, -0.25) is 9.36 Å². The Hall–Kier alpha value is -2.54. The van der Waals surface area contributed by atoms with Gasteiger partial charge in [-0.05, 0) is 39.3 Å². The molecule has 136 valence electrons. The quantitative estimate of drug-likeness (QED) is 0.665. The Kier molecular flexibility index (Phi) is 5.46. The first kappa shape index (κ1) is 18.3. The lowest BCUT2D eigenvalue weighted by atomic mass is 10.2. The molecule has 1 unspecified atom stereocenters. The van der Waals surface area contributed by atoms with Crippen molar-refractivity contribution in [2.75, 3.05) is 5.32 Å². The van der Waals surface area contributed by atoms with E-state index in [2.05, 4.69) is 28.4 Å². The van der Waals surface area contributed by atoms with Crippen molar-refractivity contribution in [2.24, 2.45) is 0 Å². The zero-order chi connectivity index (χ0) is 18.7. The normalized spacial score (nSPS) is 12.3. The molecule has 0 fully saturated rings. The first-order chi connectivity index (χ1) is 12.5. The van der Waals surface area contributed by atoms with E-state index in [0.717, 1.165) is 16.4 Å². The summed E-state index contributed by atoms with van der Waals surface area (Å²) in [6.45, 7) is 8.00. The summed E-state index contributed by atoms with van der Waals surface area (Å²) in [7, 11) is 0. The minimum absolute atomic E-state index is 0.0725. The summed E-state index contributed by atoms with van der Waals surface area (Å²) < 4.78 is 3.81. The summed E-state index contributed by atoms with van der Waals surface area (Å²) in [5.41, 5.74) is 2.23. The highest BCUT2D eigenvalue weighted by molar-refractivity contribution is 8.00. The van der Waals surface area contributed by atoms with E-state index in [1.807, 2.05) is 55.8 Å². The second-order valence-corrected chi connectivity index (χ2v) is 7.68. The lowest BCUT2D eigenvalue weighted by Crippen LogP contribution is -2.25. The van der Waals surface area contributed by atoms with Crippen LogP contribution >= 0.6 is 11.8 Å². The molecule has 7 heteroatoms. The minimum Gasteiger partial charge on any atom is -0.310 e. The number of carbonyl (C=O) groups is 1. The van der Waals surface area contributed by atoms with Gasteiger partial charge in [0, 0.05) is 24.5 Å². The van der Waals surface area contributed by atoms with Crippen LogP contribution in [0.5, 0.6) is 0 Å². The molecular formula is C19H23N5OS. The fraction of sp³-hybridized carbons (Fsp3) is 0.316. The van der Waals surface area contributed by atoms with E-state index in [1.165, 1.54) is 11.8 Å². The third-order valence-electron chi connectivity index (χ3n) is 4.04. The fourth-order valence-electron chi connectivity index (χ4n) is 2.66. The monoisotopic (exact) mass is 369 g/mol. The molecule has 0 bridgehead atoms. The molecular weight excluding hydrogens is 346 g/mol. The Morgan fingerprint density at radius 1 is 1.15 bits per heavy atom. The van der Waals surface area contributed by atoms with E-state index < -0.39 is 0 Å². The molecule has 1 atom stereocenters. The first-order valence-corrected chi connectivity index (χ1v) is 9.45. The van der Waals surface area contributed by atoms with Crippen LogP contribution < -0.4 is 5.32 Å². The summed E-state index contributed by atoms with van der Waals surface area (Å²) in [6, 6.07) is 10.1. The second-order valence-electron chi connectivity index (χ2n) is 6.37. The molecule has 2 heterocycles. The molecule has 0 saturated carbocycles. The van der Waals surface area contributed by atoms with Crippen molar-refractivity contribution in [1.82, 2.24) is 19.3 Å². The molecule has 3 rings (SSSR count). The molecule has 6 nitrogen and oxygen atoms in total. The van der Waals surface area contributed by atoms with Gasteiger partial charge in [-0.15, -0.1) is 0 Å². The molecule has 26 heavy (non-hydrogen) atoms. The molecule has 0 aliphatic carbocycles. The Morgan fingerprint density at radius 2 is 1.92 bits per heavy atom. The molecule has 1 aromatic carbocycles. The van der Waals surface area contributed by atoms with Crippen molar-refractivity contribution in [3.8, 4) is 5.69 Å². The third-order valence-corrected chi connectivity index (χ3v) is 5.12. The zero-order valence-corrected chi connectivity index (χ0v) is 16.2. The van der Waals surface area contributed by atoms with Crippen LogP contribution in [0, 0.1) is 6.92 Å². The number of para-hydroxylation sites is 1. The number of nitrogens with one attached hydrogen (secondary N) is 1. The van der Waals surface area contributed by atoms with Crippen LogP contribution in [0.4, 0.5) is 5.82 Å². The maximum Gasteiger partial charge on any atom is 0.238 e. The molecule has 2 aromatic heterocycles. The molecule has 1 amide bonds. The van der Waals surface area contributed by atoms with E-state index in [4.69, 9.17) is 0 Å². The lowest BCUT2D eigenvalue weighted by Gasteiger charge is -2.16. The molecule has 0 saturated heterocycles. The largest absolute Gasteiger partial charge is 0.310 e. The van der Waals surface area contributed by atoms with E-state index in [-0.39, 0.29) is 17.2 Å². The molecule has 0 aliphatic heterocycles. The van der Waals surface area contributed by atoms with Gasteiger partial charge in [-0.2, -0.15) is 5.10 Å². The number of carbonyl (C=O) groups excluding carboxylic acids is 1. The second kappa shape index (κ2) is 7.78. The molecule has 0 aliphatic rings. The van der Waals surface area contributed by atoms with Crippen LogP contribution in [0.15, 0.2) is 54.1 Å². The van der Waals surface area contributed by atoms with E-state index in [0.29, 0.717) is 5.82 Å². The highest BCUT2D eigenvalue weighted by Gasteiger charge is 2.20. The number of thioether (sulfide) groups is 1. The summed E-state index contributed by atoms with van der Waals surface area (Å²) in [5, 5.41) is 7.70. The van der Waals surface area contributed by atoms with Crippen molar-refractivity contribution in [1.29, 1.82) is 0 Å². The van der Waals surface area contributed by atoms with E-state index >= 15 is 0 Å². The maximum absolute atomic E-state index is 12.6. The number of benzene rings is 1. The Labute approximate surface area is 157 Å². The van der Waals surface area contributed by atoms with Crippen molar-refractivity contribution >= 4 is 23.5 Å². The van der Waals surface area contributed by atoms with E-state index in [9.17, 15) is 4.79 Å². The number of nitrogens with zero attached hydrogens (tertiary/aromatic N) is 4. The number of anilines is 1. The third kappa shape index (κ3) is 3.83. The highest BCUT2D eigenvalue weighted by atomic mass is 32.2. The van der Waals surface area contributed by atoms with Gasteiger partial charge in [0.25, 0.3) is 0 Å². The lowest BCUT2D eigenvalue weighted by molar-refractivity contribution is -0.115. The minimum atomic E-state index is -0.296.